The van der Waals surface area contributed by atoms with Gasteiger partial charge in [0.05, 0.1) is 5.52 Å². The van der Waals surface area contributed by atoms with E-state index in [-0.39, 0.29) is 5.91 Å². The third-order valence-electron chi connectivity index (χ3n) is 5.56. The van der Waals surface area contributed by atoms with Crippen molar-refractivity contribution in [3.8, 4) is 10.4 Å². The summed E-state index contributed by atoms with van der Waals surface area (Å²) in [7, 11) is 2.14. The first-order valence-electron chi connectivity index (χ1n) is 8.65. The molecule has 0 saturated carbocycles. The molecule has 5 rings (SSSR count). The SMILES string of the molecule is Cc1csc(-c2ccc3c(C(=O)N4CC5CC4CN5C)n[nH]c3c2)c1. The number of aromatic amines is 1. The number of carbonyl (C=O) groups excluding carboxylic acids is 1. The van der Waals surface area contributed by atoms with Crippen molar-refractivity contribution < 1.29 is 4.79 Å². The van der Waals surface area contributed by atoms with Gasteiger partial charge < -0.3 is 4.90 Å². The van der Waals surface area contributed by atoms with Crippen LogP contribution in [0.2, 0.25) is 0 Å². The lowest BCUT2D eigenvalue weighted by molar-refractivity contribution is 0.0646. The molecule has 25 heavy (non-hydrogen) atoms. The zero-order valence-corrected chi connectivity index (χ0v) is 15.1. The molecule has 2 aromatic heterocycles. The molecule has 2 aliphatic rings. The second-order valence-corrected chi connectivity index (χ2v) is 8.17. The van der Waals surface area contributed by atoms with Crippen LogP contribution in [0.4, 0.5) is 0 Å². The molecule has 2 unspecified atom stereocenters. The van der Waals surface area contributed by atoms with Gasteiger partial charge >= 0.3 is 0 Å². The first kappa shape index (κ1) is 15.1. The fourth-order valence-corrected chi connectivity index (χ4v) is 5.07. The number of hydrogen-bond donors (Lipinski definition) is 1. The molecule has 2 atom stereocenters. The van der Waals surface area contributed by atoms with Crippen LogP contribution in [-0.4, -0.2) is 58.1 Å². The van der Waals surface area contributed by atoms with Crippen LogP contribution >= 0.6 is 11.3 Å². The second-order valence-electron chi connectivity index (χ2n) is 7.26. The monoisotopic (exact) mass is 352 g/mol. The molecule has 2 aliphatic heterocycles. The minimum Gasteiger partial charge on any atom is -0.331 e. The molecule has 6 heteroatoms. The van der Waals surface area contributed by atoms with Crippen molar-refractivity contribution in [2.75, 3.05) is 20.1 Å². The van der Waals surface area contributed by atoms with Gasteiger partial charge in [-0.1, -0.05) is 6.07 Å². The summed E-state index contributed by atoms with van der Waals surface area (Å²) in [6.45, 7) is 3.90. The largest absolute Gasteiger partial charge is 0.331 e. The van der Waals surface area contributed by atoms with E-state index in [2.05, 4.69) is 52.6 Å². The number of nitrogens with one attached hydrogen (secondary N) is 1. The van der Waals surface area contributed by atoms with E-state index < -0.39 is 0 Å². The number of nitrogens with zero attached hydrogens (tertiary/aromatic N) is 3. The molecule has 2 fully saturated rings. The van der Waals surface area contributed by atoms with Crippen molar-refractivity contribution in [2.24, 2.45) is 0 Å². The first-order valence-corrected chi connectivity index (χ1v) is 9.53. The summed E-state index contributed by atoms with van der Waals surface area (Å²) < 4.78 is 0. The van der Waals surface area contributed by atoms with Crippen LogP contribution in [0.5, 0.6) is 0 Å². The van der Waals surface area contributed by atoms with Crippen molar-refractivity contribution in [1.82, 2.24) is 20.0 Å². The van der Waals surface area contributed by atoms with Gasteiger partial charge in [0.2, 0.25) is 0 Å². The average molecular weight is 352 g/mol. The third-order valence-corrected chi connectivity index (χ3v) is 6.65. The van der Waals surface area contributed by atoms with Gasteiger partial charge in [0.25, 0.3) is 5.91 Å². The van der Waals surface area contributed by atoms with Gasteiger partial charge in [0.1, 0.15) is 0 Å². The molecule has 5 nitrogen and oxygen atoms in total. The van der Waals surface area contributed by atoms with Gasteiger partial charge in [-0.3, -0.25) is 14.8 Å². The Hall–Kier alpha value is -2.18. The second kappa shape index (κ2) is 5.41. The molecular weight excluding hydrogens is 332 g/mol. The van der Waals surface area contributed by atoms with Crippen molar-refractivity contribution in [2.45, 2.75) is 25.4 Å². The van der Waals surface area contributed by atoms with Crippen molar-refractivity contribution in [1.29, 1.82) is 0 Å². The number of likely N-dealkylation sites (N-methyl/N-ethyl adjacent to an activating group) is 1. The average Bonchev–Trinajstić information content (AvgIpc) is 3.35. The maximum atomic E-state index is 13.0. The number of carbonyl (C=O) groups is 1. The maximum Gasteiger partial charge on any atom is 0.275 e. The number of piperazine rings is 1. The molecule has 0 radical (unpaired) electrons. The Bertz CT molecular complexity index is 973. The van der Waals surface area contributed by atoms with E-state index in [4.69, 9.17) is 0 Å². The van der Waals surface area contributed by atoms with Crippen LogP contribution < -0.4 is 0 Å². The highest BCUT2D eigenvalue weighted by Gasteiger charge is 2.44. The molecule has 0 aliphatic carbocycles. The summed E-state index contributed by atoms with van der Waals surface area (Å²) >= 11 is 1.74. The summed E-state index contributed by atoms with van der Waals surface area (Å²) in [5.41, 5.74) is 3.91. The van der Waals surface area contributed by atoms with Gasteiger partial charge in [-0.25, -0.2) is 0 Å². The van der Waals surface area contributed by atoms with Gasteiger partial charge in [-0.2, -0.15) is 5.10 Å². The van der Waals surface area contributed by atoms with E-state index in [1.807, 2.05) is 11.0 Å². The molecule has 3 aromatic rings. The number of rotatable bonds is 2. The van der Waals surface area contributed by atoms with Crippen LogP contribution in [0.1, 0.15) is 22.5 Å². The molecule has 0 spiro atoms. The maximum absolute atomic E-state index is 13.0. The number of aromatic nitrogens is 2. The zero-order valence-electron chi connectivity index (χ0n) is 14.3. The van der Waals surface area contributed by atoms with E-state index in [1.165, 1.54) is 10.4 Å². The lowest BCUT2D eigenvalue weighted by Gasteiger charge is -2.31. The predicted octanol–water partition coefficient (Wildman–Crippen LogP) is 3.13. The Morgan fingerprint density at radius 3 is 2.84 bits per heavy atom. The van der Waals surface area contributed by atoms with Gasteiger partial charge in [-0.05, 0) is 55.1 Å². The van der Waals surface area contributed by atoms with Crippen LogP contribution in [0, 0.1) is 6.92 Å². The van der Waals surface area contributed by atoms with Crippen LogP contribution in [0.25, 0.3) is 21.3 Å². The predicted molar refractivity (Wildman–Crippen MR) is 100 cm³/mol. The van der Waals surface area contributed by atoms with Gasteiger partial charge in [-0.15, -0.1) is 11.3 Å². The van der Waals surface area contributed by atoms with Crippen LogP contribution in [0.15, 0.2) is 29.6 Å². The zero-order chi connectivity index (χ0) is 17.1. The van der Waals surface area contributed by atoms with Crippen molar-refractivity contribution >= 4 is 28.1 Å². The van der Waals surface area contributed by atoms with Gasteiger partial charge in [0.15, 0.2) is 5.69 Å². The van der Waals surface area contributed by atoms with E-state index in [1.54, 1.807) is 11.3 Å². The number of likely N-dealkylation sites (tertiary alicyclic amines) is 2. The smallest absolute Gasteiger partial charge is 0.275 e. The molecule has 2 saturated heterocycles. The highest BCUT2D eigenvalue weighted by molar-refractivity contribution is 7.13. The first-order chi connectivity index (χ1) is 12.1. The summed E-state index contributed by atoms with van der Waals surface area (Å²) in [5, 5.41) is 10.5. The standard InChI is InChI=1S/C19H20N4OS/c1-11-5-17(25-10-11)12-3-4-15-16(6-12)20-21-18(15)19(24)23-9-13-7-14(23)8-22(13)2/h3-6,10,13-14H,7-9H2,1-2H3,(H,20,21). The lowest BCUT2D eigenvalue weighted by Crippen LogP contribution is -2.47. The number of amides is 1. The molecule has 1 N–H and O–H groups in total. The van der Waals surface area contributed by atoms with Crippen LogP contribution in [0.3, 0.4) is 0 Å². The van der Waals surface area contributed by atoms with Crippen LogP contribution in [-0.2, 0) is 0 Å². The Balaban J connectivity index is 1.47. The summed E-state index contributed by atoms with van der Waals surface area (Å²) in [4.78, 5) is 18.6. The Morgan fingerprint density at radius 2 is 2.16 bits per heavy atom. The molecule has 128 valence electrons. The lowest BCUT2D eigenvalue weighted by atomic mass is 10.1. The number of aryl methyl sites for hydroxylation is 1. The van der Waals surface area contributed by atoms with Crippen molar-refractivity contribution in [3.63, 3.8) is 0 Å². The molecular formula is C19H20N4OS. The minimum atomic E-state index is 0.0616. The summed E-state index contributed by atoms with van der Waals surface area (Å²) in [6.07, 6.45) is 1.09. The van der Waals surface area contributed by atoms with E-state index in [0.29, 0.717) is 17.8 Å². The fraction of sp³-hybridized carbons (Fsp3) is 0.368. The topological polar surface area (TPSA) is 52.2 Å². The quantitative estimate of drug-likeness (QED) is 0.771. The summed E-state index contributed by atoms with van der Waals surface area (Å²) in [6, 6.07) is 9.23. The highest BCUT2D eigenvalue weighted by atomic mass is 32.1. The molecule has 4 heterocycles. The molecule has 1 aromatic carbocycles. The number of hydrogen-bond acceptors (Lipinski definition) is 4. The number of benzene rings is 1. The molecule has 1 amide bonds. The Labute approximate surface area is 150 Å². The number of thiophene rings is 1. The fourth-order valence-electron chi connectivity index (χ4n) is 4.17. The van der Waals surface area contributed by atoms with E-state index in [9.17, 15) is 4.79 Å². The summed E-state index contributed by atoms with van der Waals surface area (Å²) in [5.74, 6) is 0.0616. The third kappa shape index (κ3) is 2.32. The minimum absolute atomic E-state index is 0.0616. The highest BCUT2D eigenvalue weighted by Crippen LogP contribution is 2.33. The number of fused-ring (bicyclic) bond motifs is 3. The van der Waals surface area contributed by atoms with E-state index in [0.717, 1.165) is 36.0 Å². The normalized spacial score (nSPS) is 23.0. The van der Waals surface area contributed by atoms with Crippen molar-refractivity contribution in [3.05, 3.63) is 40.9 Å². The molecule has 2 bridgehead atoms. The Kier molecular flexibility index (Phi) is 3.27. The number of H-pyrrole nitrogens is 1. The van der Waals surface area contributed by atoms with E-state index >= 15 is 0 Å². The van der Waals surface area contributed by atoms with Gasteiger partial charge in [0, 0.05) is 35.4 Å². The Morgan fingerprint density at radius 1 is 1.28 bits per heavy atom.